The SMILES string of the molecule is CCOc1ncccc1C1CCC(OC[C@@H]2NCCC[C@@H]2NS(C)(=O)=O)CC1. The zero-order valence-corrected chi connectivity index (χ0v) is 17.7. The lowest BCUT2D eigenvalue weighted by Gasteiger charge is -2.35. The van der Waals surface area contributed by atoms with Crippen LogP contribution < -0.4 is 14.8 Å². The molecule has 0 aromatic carbocycles. The van der Waals surface area contributed by atoms with E-state index in [1.54, 1.807) is 6.20 Å². The van der Waals surface area contributed by atoms with E-state index in [1.807, 2.05) is 13.0 Å². The molecule has 7 nitrogen and oxygen atoms in total. The molecule has 158 valence electrons. The third kappa shape index (κ3) is 6.14. The van der Waals surface area contributed by atoms with Crippen LogP contribution in [-0.4, -0.2) is 57.6 Å². The molecule has 0 amide bonds. The van der Waals surface area contributed by atoms with Gasteiger partial charge in [-0.25, -0.2) is 18.1 Å². The highest BCUT2D eigenvalue weighted by Gasteiger charge is 2.30. The van der Waals surface area contributed by atoms with Gasteiger partial charge in [-0.1, -0.05) is 6.07 Å². The van der Waals surface area contributed by atoms with Gasteiger partial charge in [-0.15, -0.1) is 0 Å². The normalized spacial score (nSPS) is 28.8. The Morgan fingerprint density at radius 1 is 1.25 bits per heavy atom. The number of hydrogen-bond acceptors (Lipinski definition) is 6. The lowest BCUT2D eigenvalue weighted by Crippen LogP contribution is -2.55. The van der Waals surface area contributed by atoms with Gasteiger partial charge in [-0.2, -0.15) is 0 Å². The molecule has 2 atom stereocenters. The lowest BCUT2D eigenvalue weighted by molar-refractivity contribution is 0.00508. The van der Waals surface area contributed by atoms with E-state index >= 15 is 0 Å². The third-order valence-corrected chi connectivity index (χ3v) is 6.39. The van der Waals surface area contributed by atoms with Gasteiger partial charge in [0.25, 0.3) is 0 Å². The Hall–Kier alpha value is -1.22. The van der Waals surface area contributed by atoms with Gasteiger partial charge in [-0.3, -0.25) is 0 Å². The van der Waals surface area contributed by atoms with Gasteiger partial charge in [-0.05, 0) is 64.0 Å². The van der Waals surface area contributed by atoms with Gasteiger partial charge in [0.05, 0.1) is 25.6 Å². The zero-order valence-electron chi connectivity index (χ0n) is 16.9. The molecular formula is C20H33N3O4S. The van der Waals surface area contributed by atoms with Crippen molar-refractivity contribution >= 4 is 10.0 Å². The maximum absolute atomic E-state index is 11.6. The van der Waals surface area contributed by atoms with Gasteiger partial charge in [0.1, 0.15) is 0 Å². The lowest BCUT2D eigenvalue weighted by atomic mass is 9.83. The van der Waals surface area contributed by atoms with E-state index in [2.05, 4.69) is 21.1 Å². The van der Waals surface area contributed by atoms with E-state index in [4.69, 9.17) is 9.47 Å². The third-order valence-electron chi connectivity index (χ3n) is 5.66. The van der Waals surface area contributed by atoms with Crippen LogP contribution in [0.1, 0.15) is 56.9 Å². The average molecular weight is 412 g/mol. The van der Waals surface area contributed by atoms with Gasteiger partial charge < -0.3 is 14.8 Å². The first kappa shape index (κ1) is 21.5. The number of sulfonamides is 1. The molecule has 1 saturated carbocycles. The fourth-order valence-electron chi connectivity index (χ4n) is 4.30. The summed E-state index contributed by atoms with van der Waals surface area (Å²) < 4.78 is 37.8. The Morgan fingerprint density at radius 3 is 2.75 bits per heavy atom. The van der Waals surface area contributed by atoms with Gasteiger partial charge >= 0.3 is 0 Å². The van der Waals surface area contributed by atoms with Crippen LogP contribution in [0.2, 0.25) is 0 Å². The summed E-state index contributed by atoms with van der Waals surface area (Å²) in [5.41, 5.74) is 1.20. The number of aromatic nitrogens is 1. The summed E-state index contributed by atoms with van der Waals surface area (Å²) in [5, 5.41) is 3.41. The highest BCUT2D eigenvalue weighted by molar-refractivity contribution is 7.88. The summed E-state index contributed by atoms with van der Waals surface area (Å²) in [6.07, 6.45) is 9.16. The number of ether oxygens (including phenoxy) is 2. The van der Waals surface area contributed by atoms with Gasteiger partial charge in [0, 0.05) is 23.8 Å². The fraction of sp³-hybridized carbons (Fsp3) is 0.750. The first-order valence-corrected chi connectivity index (χ1v) is 12.3. The van der Waals surface area contributed by atoms with Crippen LogP contribution in [-0.2, 0) is 14.8 Å². The van der Waals surface area contributed by atoms with Crippen LogP contribution in [0, 0.1) is 0 Å². The summed E-state index contributed by atoms with van der Waals surface area (Å²) >= 11 is 0. The van der Waals surface area contributed by atoms with Crippen molar-refractivity contribution in [1.29, 1.82) is 0 Å². The minimum Gasteiger partial charge on any atom is -0.478 e. The first-order valence-electron chi connectivity index (χ1n) is 10.4. The van der Waals surface area contributed by atoms with Crippen molar-refractivity contribution in [1.82, 2.24) is 15.0 Å². The highest BCUT2D eigenvalue weighted by Crippen LogP contribution is 2.37. The molecular weight excluding hydrogens is 378 g/mol. The smallest absolute Gasteiger partial charge is 0.216 e. The van der Waals surface area contributed by atoms with Crippen molar-refractivity contribution in [3.63, 3.8) is 0 Å². The van der Waals surface area contributed by atoms with Crippen molar-refractivity contribution in [3.8, 4) is 5.88 Å². The molecule has 1 saturated heterocycles. The Kier molecular flexibility index (Phi) is 7.68. The molecule has 28 heavy (non-hydrogen) atoms. The van der Waals surface area contributed by atoms with Crippen molar-refractivity contribution < 1.29 is 17.9 Å². The van der Waals surface area contributed by atoms with E-state index in [1.165, 1.54) is 11.8 Å². The molecule has 3 rings (SSSR count). The number of pyridine rings is 1. The zero-order chi connectivity index (χ0) is 20.0. The largest absolute Gasteiger partial charge is 0.478 e. The maximum Gasteiger partial charge on any atom is 0.216 e. The molecule has 0 bridgehead atoms. The summed E-state index contributed by atoms with van der Waals surface area (Å²) in [7, 11) is -3.21. The second kappa shape index (κ2) is 10.0. The average Bonchev–Trinajstić information content (AvgIpc) is 2.67. The topological polar surface area (TPSA) is 89.6 Å². The molecule has 1 aromatic rings. The van der Waals surface area contributed by atoms with Crippen molar-refractivity contribution in [2.24, 2.45) is 0 Å². The monoisotopic (exact) mass is 411 g/mol. The predicted octanol–water partition coefficient (Wildman–Crippen LogP) is 2.19. The van der Waals surface area contributed by atoms with Crippen LogP contribution in [0.5, 0.6) is 5.88 Å². The summed E-state index contributed by atoms with van der Waals surface area (Å²) in [4.78, 5) is 4.38. The second-order valence-corrected chi connectivity index (χ2v) is 9.62. The van der Waals surface area contributed by atoms with Gasteiger partial charge in [0.15, 0.2) is 0 Å². The number of nitrogens with one attached hydrogen (secondary N) is 2. The highest BCUT2D eigenvalue weighted by atomic mass is 32.2. The number of piperidine rings is 1. The van der Waals surface area contributed by atoms with E-state index in [0.29, 0.717) is 19.1 Å². The van der Waals surface area contributed by atoms with E-state index in [-0.39, 0.29) is 18.2 Å². The quantitative estimate of drug-likeness (QED) is 0.682. The Bertz CT molecular complexity index is 720. The number of hydrogen-bond donors (Lipinski definition) is 2. The molecule has 0 unspecified atom stereocenters. The van der Waals surface area contributed by atoms with Crippen LogP contribution in [0.3, 0.4) is 0 Å². The second-order valence-electron chi connectivity index (χ2n) is 7.84. The molecule has 0 radical (unpaired) electrons. The molecule has 2 N–H and O–H groups in total. The van der Waals surface area contributed by atoms with E-state index in [0.717, 1.165) is 50.9 Å². The molecule has 2 aliphatic rings. The molecule has 8 heteroatoms. The van der Waals surface area contributed by atoms with Crippen LogP contribution in [0.15, 0.2) is 18.3 Å². The Balaban J connectivity index is 1.49. The van der Waals surface area contributed by atoms with Crippen molar-refractivity contribution in [3.05, 3.63) is 23.9 Å². The summed E-state index contributed by atoms with van der Waals surface area (Å²) in [6.45, 7) is 4.05. The van der Waals surface area contributed by atoms with Gasteiger partial charge in [0.2, 0.25) is 15.9 Å². The minimum absolute atomic E-state index is 0.0316. The first-order chi connectivity index (χ1) is 13.5. The van der Waals surface area contributed by atoms with Crippen LogP contribution in [0.4, 0.5) is 0 Å². The fourth-order valence-corrected chi connectivity index (χ4v) is 5.13. The van der Waals surface area contributed by atoms with Crippen LogP contribution >= 0.6 is 0 Å². The number of nitrogens with zero attached hydrogens (tertiary/aromatic N) is 1. The minimum atomic E-state index is -3.21. The Labute approximate surface area is 168 Å². The standard InChI is InChI=1S/C20H33N3O4S/c1-3-26-20-17(6-4-13-22-20)15-8-10-16(11-9-15)27-14-19-18(7-5-12-21-19)23-28(2,24)25/h4,6,13,15-16,18-19,21,23H,3,5,7-12,14H2,1-2H3/t15?,16?,18-,19-/m0/s1. The van der Waals surface area contributed by atoms with E-state index < -0.39 is 10.0 Å². The molecule has 0 spiro atoms. The maximum atomic E-state index is 11.6. The van der Waals surface area contributed by atoms with Crippen molar-refractivity contribution in [2.45, 2.75) is 69.6 Å². The molecule has 1 aliphatic carbocycles. The summed E-state index contributed by atoms with van der Waals surface area (Å²) in [6, 6.07) is 4.04. The Morgan fingerprint density at radius 2 is 2.04 bits per heavy atom. The van der Waals surface area contributed by atoms with E-state index in [9.17, 15) is 8.42 Å². The molecule has 2 heterocycles. The van der Waals surface area contributed by atoms with Crippen LogP contribution in [0.25, 0.3) is 0 Å². The molecule has 1 aromatic heterocycles. The van der Waals surface area contributed by atoms with Crippen molar-refractivity contribution in [2.75, 3.05) is 26.0 Å². The summed E-state index contributed by atoms with van der Waals surface area (Å²) in [5.74, 6) is 1.22. The predicted molar refractivity (Wildman–Crippen MR) is 109 cm³/mol. The molecule has 1 aliphatic heterocycles. The molecule has 2 fully saturated rings. The number of rotatable bonds is 8.